The third-order valence-corrected chi connectivity index (χ3v) is 4.06. The molecule has 0 aromatic heterocycles. The molecule has 18 heavy (non-hydrogen) atoms. The molecule has 1 amide bonds. The van der Waals surface area contributed by atoms with Crippen LogP contribution < -0.4 is 5.32 Å². The third-order valence-electron chi connectivity index (χ3n) is 4.06. The molecule has 2 aliphatic rings. The van der Waals surface area contributed by atoms with E-state index in [2.05, 4.69) is 22.0 Å². The van der Waals surface area contributed by atoms with Crippen LogP contribution in [0.15, 0.2) is 0 Å². The standard InChI is InChI=1S/C14H27N3O/c1-2-16-9-11-17(12-10-16)8-4-3-7-15-14(18)13-5-6-13/h13H,2-12H2,1H3,(H,15,18). The van der Waals surface area contributed by atoms with Crippen molar-refractivity contribution in [3.63, 3.8) is 0 Å². The summed E-state index contributed by atoms with van der Waals surface area (Å²) < 4.78 is 0. The van der Waals surface area contributed by atoms with Crippen molar-refractivity contribution in [1.82, 2.24) is 15.1 Å². The Bertz CT molecular complexity index is 258. The lowest BCUT2D eigenvalue weighted by Crippen LogP contribution is -2.46. The predicted molar refractivity (Wildman–Crippen MR) is 73.5 cm³/mol. The van der Waals surface area contributed by atoms with Gasteiger partial charge in [-0.1, -0.05) is 6.92 Å². The Morgan fingerprint density at radius 3 is 2.39 bits per heavy atom. The van der Waals surface area contributed by atoms with E-state index in [0.29, 0.717) is 5.92 Å². The monoisotopic (exact) mass is 253 g/mol. The Morgan fingerprint density at radius 1 is 1.11 bits per heavy atom. The smallest absolute Gasteiger partial charge is 0.223 e. The maximum atomic E-state index is 11.4. The number of carbonyl (C=O) groups excluding carboxylic acids is 1. The minimum atomic E-state index is 0.284. The van der Waals surface area contributed by atoms with Gasteiger partial charge in [-0.25, -0.2) is 0 Å². The van der Waals surface area contributed by atoms with E-state index in [4.69, 9.17) is 0 Å². The third kappa shape index (κ3) is 4.58. The molecule has 0 spiro atoms. The van der Waals surface area contributed by atoms with Crippen molar-refractivity contribution in [3.8, 4) is 0 Å². The van der Waals surface area contributed by atoms with Crippen LogP contribution in [0.2, 0.25) is 0 Å². The van der Waals surface area contributed by atoms with Crippen LogP contribution in [0.25, 0.3) is 0 Å². The van der Waals surface area contributed by atoms with Gasteiger partial charge in [-0.05, 0) is 38.8 Å². The summed E-state index contributed by atoms with van der Waals surface area (Å²) in [5.41, 5.74) is 0. The number of hydrogen-bond acceptors (Lipinski definition) is 3. The molecule has 1 heterocycles. The molecule has 1 aliphatic heterocycles. The van der Waals surface area contributed by atoms with Crippen molar-refractivity contribution in [2.45, 2.75) is 32.6 Å². The van der Waals surface area contributed by atoms with E-state index in [9.17, 15) is 4.79 Å². The molecule has 2 fully saturated rings. The number of unbranched alkanes of at least 4 members (excludes halogenated alkanes) is 1. The van der Waals surface area contributed by atoms with Crippen molar-refractivity contribution in [1.29, 1.82) is 0 Å². The molecule has 0 radical (unpaired) electrons. The summed E-state index contributed by atoms with van der Waals surface area (Å²) in [5.74, 6) is 0.638. The van der Waals surface area contributed by atoms with Crippen LogP contribution in [0.4, 0.5) is 0 Å². The largest absolute Gasteiger partial charge is 0.356 e. The van der Waals surface area contributed by atoms with E-state index < -0.39 is 0 Å². The lowest BCUT2D eigenvalue weighted by molar-refractivity contribution is -0.122. The van der Waals surface area contributed by atoms with Crippen LogP contribution in [0, 0.1) is 5.92 Å². The number of nitrogens with one attached hydrogen (secondary N) is 1. The zero-order valence-corrected chi connectivity index (χ0v) is 11.7. The first-order valence-electron chi connectivity index (χ1n) is 7.52. The predicted octanol–water partition coefficient (Wildman–Crippen LogP) is 0.930. The van der Waals surface area contributed by atoms with Gasteiger partial charge in [0, 0.05) is 38.6 Å². The second kappa shape index (κ2) is 7.10. The van der Waals surface area contributed by atoms with Crippen LogP contribution in [-0.4, -0.2) is 61.5 Å². The molecule has 0 aromatic carbocycles. The number of rotatable bonds is 7. The van der Waals surface area contributed by atoms with E-state index in [1.165, 1.54) is 45.7 Å². The van der Waals surface area contributed by atoms with Crippen LogP contribution in [0.3, 0.4) is 0 Å². The van der Waals surface area contributed by atoms with Gasteiger partial charge in [-0.15, -0.1) is 0 Å². The normalized spacial score (nSPS) is 22.1. The summed E-state index contributed by atoms with van der Waals surface area (Å²) >= 11 is 0. The van der Waals surface area contributed by atoms with Gasteiger partial charge in [0.1, 0.15) is 0 Å². The van der Waals surface area contributed by atoms with Crippen molar-refractivity contribution < 1.29 is 4.79 Å². The summed E-state index contributed by atoms with van der Waals surface area (Å²) in [4.78, 5) is 16.5. The zero-order valence-electron chi connectivity index (χ0n) is 11.7. The fourth-order valence-corrected chi connectivity index (χ4v) is 2.49. The van der Waals surface area contributed by atoms with Gasteiger partial charge in [0.2, 0.25) is 5.91 Å². The Morgan fingerprint density at radius 2 is 1.78 bits per heavy atom. The highest BCUT2D eigenvalue weighted by Crippen LogP contribution is 2.28. The summed E-state index contributed by atoms with van der Waals surface area (Å²) in [5, 5.41) is 3.03. The van der Waals surface area contributed by atoms with Gasteiger partial charge in [0.25, 0.3) is 0 Å². The highest BCUT2D eigenvalue weighted by molar-refractivity contribution is 5.80. The molecule has 1 N–H and O–H groups in total. The summed E-state index contributed by atoms with van der Waals surface area (Å²) in [6.45, 7) is 10.3. The molecule has 4 nitrogen and oxygen atoms in total. The minimum absolute atomic E-state index is 0.284. The van der Waals surface area contributed by atoms with Gasteiger partial charge in [-0.2, -0.15) is 0 Å². The van der Waals surface area contributed by atoms with Crippen molar-refractivity contribution >= 4 is 5.91 Å². The first-order chi connectivity index (χ1) is 8.79. The second-order valence-electron chi connectivity index (χ2n) is 5.55. The number of nitrogens with zero attached hydrogens (tertiary/aromatic N) is 2. The molecule has 0 atom stereocenters. The molecule has 4 heteroatoms. The zero-order chi connectivity index (χ0) is 12.8. The van der Waals surface area contributed by atoms with Crippen molar-refractivity contribution in [2.24, 2.45) is 5.92 Å². The van der Waals surface area contributed by atoms with Crippen LogP contribution in [0.1, 0.15) is 32.6 Å². The minimum Gasteiger partial charge on any atom is -0.356 e. The maximum Gasteiger partial charge on any atom is 0.223 e. The van der Waals surface area contributed by atoms with Gasteiger partial charge in [0.05, 0.1) is 0 Å². The van der Waals surface area contributed by atoms with Gasteiger partial charge in [0.15, 0.2) is 0 Å². The quantitative estimate of drug-likeness (QED) is 0.686. The van der Waals surface area contributed by atoms with Gasteiger partial charge in [-0.3, -0.25) is 4.79 Å². The average molecular weight is 253 g/mol. The molecular weight excluding hydrogens is 226 g/mol. The Hall–Kier alpha value is -0.610. The summed E-state index contributed by atoms with van der Waals surface area (Å²) in [6, 6.07) is 0. The first-order valence-corrected chi connectivity index (χ1v) is 7.52. The summed E-state index contributed by atoms with van der Waals surface area (Å²) in [6.07, 6.45) is 4.53. The van der Waals surface area contributed by atoms with Crippen LogP contribution >= 0.6 is 0 Å². The maximum absolute atomic E-state index is 11.4. The Kier molecular flexibility index (Phi) is 5.45. The number of amides is 1. The van der Waals surface area contributed by atoms with E-state index in [1.54, 1.807) is 0 Å². The molecular formula is C14H27N3O. The lowest BCUT2D eigenvalue weighted by atomic mass is 10.2. The second-order valence-corrected chi connectivity index (χ2v) is 5.55. The number of hydrogen-bond donors (Lipinski definition) is 1. The molecule has 1 aliphatic carbocycles. The number of piperazine rings is 1. The molecule has 0 unspecified atom stereocenters. The van der Waals surface area contributed by atoms with E-state index in [-0.39, 0.29) is 5.91 Å². The van der Waals surface area contributed by atoms with E-state index in [1.807, 2.05) is 0 Å². The SMILES string of the molecule is CCN1CCN(CCCCNC(=O)C2CC2)CC1. The lowest BCUT2D eigenvalue weighted by Gasteiger charge is -2.33. The summed E-state index contributed by atoms with van der Waals surface area (Å²) in [7, 11) is 0. The average Bonchev–Trinajstić information content (AvgIpc) is 3.23. The molecule has 0 aromatic rings. The van der Waals surface area contributed by atoms with Crippen LogP contribution in [-0.2, 0) is 4.79 Å². The first kappa shape index (κ1) is 13.8. The number of carbonyl (C=O) groups is 1. The van der Waals surface area contributed by atoms with Gasteiger partial charge < -0.3 is 15.1 Å². The van der Waals surface area contributed by atoms with Crippen molar-refractivity contribution in [2.75, 3.05) is 45.8 Å². The molecule has 1 saturated carbocycles. The van der Waals surface area contributed by atoms with E-state index >= 15 is 0 Å². The molecule has 104 valence electrons. The fraction of sp³-hybridized carbons (Fsp3) is 0.929. The van der Waals surface area contributed by atoms with E-state index in [0.717, 1.165) is 25.8 Å². The molecule has 1 saturated heterocycles. The Labute approximate surface area is 111 Å². The molecule has 0 bridgehead atoms. The highest BCUT2D eigenvalue weighted by Gasteiger charge is 2.28. The Balaban J connectivity index is 1.44. The topological polar surface area (TPSA) is 35.6 Å². The number of likely N-dealkylation sites (N-methyl/N-ethyl adjacent to an activating group) is 1. The van der Waals surface area contributed by atoms with Crippen LogP contribution in [0.5, 0.6) is 0 Å². The van der Waals surface area contributed by atoms with Gasteiger partial charge >= 0.3 is 0 Å². The highest BCUT2D eigenvalue weighted by atomic mass is 16.2. The molecule has 2 rings (SSSR count). The fourth-order valence-electron chi connectivity index (χ4n) is 2.49. The van der Waals surface area contributed by atoms with Crippen molar-refractivity contribution in [3.05, 3.63) is 0 Å².